The first-order valence-corrected chi connectivity index (χ1v) is 11.0. The molecule has 0 atom stereocenters. The number of fused-ring (bicyclic) bond motifs is 1. The molecule has 0 fully saturated rings. The fraction of sp³-hybridized carbons (Fsp3) is 0.222. The number of nitrogens with two attached hydrogens (primary N) is 1. The van der Waals surface area contributed by atoms with Gasteiger partial charge < -0.3 is 9.88 Å². The van der Waals surface area contributed by atoms with Gasteiger partial charge in [0.25, 0.3) is 0 Å². The van der Waals surface area contributed by atoms with E-state index < -0.39 is 10.0 Å². The SMILES string of the molecule is CCn1c(SCC(=O)Nc2ccc(CS(N)(=O)=O)cc2)nc2ccccc21. The molecule has 0 bridgehead atoms. The van der Waals surface area contributed by atoms with E-state index in [9.17, 15) is 13.2 Å². The molecule has 1 heterocycles. The quantitative estimate of drug-likeness (QED) is 0.589. The maximum absolute atomic E-state index is 12.2. The van der Waals surface area contributed by atoms with Crippen LogP contribution in [0.5, 0.6) is 0 Å². The van der Waals surface area contributed by atoms with E-state index in [1.807, 2.05) is 31.2 Å². The van der Waals surface area contributed by atoms with Gasteiger partial charge in [0, 0.05) is 12.2 Å². The number of hydrogen-bond donors (Lipinski definition) is 2. The Labute approximate surface area is 162 Å². The maximum atomic E-state index is 12.2. The van der Waals surface area contributed by atoms with E-state index in [1.54, 1.807) is 24.3 Å². The molecular weight excluding hydrogens is 384 g/mol. The van der Waals surface area contributed by atoms with E-state index in [4.69, 9.17) is 5.14 Å². The zero-order valence-electron chi connectivity index (χ0n) is 14.8. The maximum Gasteiger partial charge on any atom is 0.234 e. The number of aryl methyl sites for hydroxylation is 1. The topological polar surface area (TPSA) is 107 Å². The molecule has 2 aromatic carbocycles. The molecule has 9 heteroatoms. The lowest BCUT2D eigenvalue weighted by atomic mass is 10.2. The lowest BCUT2D eigenvalue weighted by Gasteiger charge is -2.07. The van der Waals surface area contributed by atoms with E-state index in [-0.39, 0.29) is 17.4 Å². The number of nitrogens with zero attached hydrogens (tertiary/aromatic N) is 2. The zero-order valence-corrected chi connectivity index (χ0v) is 16.4. The highest BCUT2D eigenvalue weighted by Gasteiger charge is 2.12. The highest BCUT2D eigenvalue weighted by Crippen LogP contribution is 2.24. The van der Waals surface area contributed by atoms with Gasteiger partial charge in [0.2, 0.25) is 15.9 Å². The lowest BCUT2D eigenvalue weighted by Crippen LogP contribution is -2.15. The summed E-state index contributed by atoms with van der Waals surface area (Å²) >= 11 is 1.38. The van der Waals surface area contributed by atoms with Gasteiger partial charge in [-0.3, -0.25) is 4.79 Å². The van der Waals surface area contributed by atoms with Crippen molar-refractivity contribution in [3.8, 4) is 0 Å². The van der Waals surface area contributed by atoms with Gasteiger partial charge in [0.1, 0.15) is 0 Å². The number of anilines is 1. The van der Waals surface area contributed by atoms with Crippen LogP contribution in [-0.2, 0) is 27.1 Å². The Balaban J connectivity index is 1.62. The van der Waals surface area contributed by atoms with Gasteiger partial charge in [-0.1, -0.05) is 36.0 Å². The van der Waals surface area contributed by atoms with Crippen molar-refractivity contribution in [2.45, 2.75) is 24.4 Å². The summed E-state index contributed by atoms with van der Waals surface area (Å²) < 4.78 is 24.3. The van der Waals surface area contributed by atoms with E-state index in [2.05, 4.69) is 14.9 Å². The Bertz CT molecular complexity index is 1060. The van der Waals surface area contributed by atoms with Crippen LogP contribution in [0.15, 0.2) is 53.7 Å². The average Bonchev–Trinajstić information content (AvgIpc) is 2.98. The van der Waals surface area contributed by atoms with Crippen molar-refractivity contribution in [2.75, 3.05) is 11.1 Å². The van der Waals surface area contributed by atoms with E-state index in [1.165, 1.54) is 11.8 Å². The van der Waals surface area contributed by atoms with Crippen molar-refractivity contribution in [3.05, 3.63) is 54.1 Å². The summed E-state index contributed by atoms with van der Waals surface area (Å²) in [6, 6.07) is 14.4. The van der Waals surface area contributed by atoms with Gasteiger partial charge in [0.15, 0.2) is 5.16 Å². The van der Waals surface area contributed by atoms with Crippen molar-refractivity contribution < 1.29 is 13.2 Å². The van der Waals surface area contributed by atoms with Crippen LogP contribution in [0, 0.1) is 0 Å². The molecule has 0 aliphatic heterocycles. The van der Waals surface area contributed by atoms with Crippen LogP contribution in [0.3, 0.4) is 0 Å². The molecule has 0 unspecified atom stereocenters. The molecule has 27 heavy (non-hydrogen) atoms. The van der Waals surface area contributed by atoms with Crippen LogP contribution in [0.25, 0.3) is 11.0 Å². The van der Waals surface area contributed by atoms with E-state index in [0.717, 1.165) is 22.7 Å². The van der Waals surface area contributed by atoms with E-state index in [0.29, 0.717) is 11.3 Å². The third kappa shape index (κ3) is 5.09. The Morgan fingerprint density at radius 3 is 2.56 bits per heavy atom. The molecule has 7 nitrogen and oxygen atoms in total. The number of carbonyl (C=O) groups is 1. The summed E-state index contributed by atoms with van der Waals surface area (Å²) in [5.74, 6) is -0.166. The summed E-state index contributed by atoms with van der Waals surface area (Å²) in [5.41, 5.74) is 3.13. The number of imidazole rings is 1. The Morgan fingerprint density at radius 2 is 1.89 bits per heavy atom. The number of nitrogens with one attached hydrogen (secondary N) is 1. The van der Waals surface area contributed by atoms with Gasteiger partial charge in [0.05, 0.1) is 22.5 Å². The molecule has 0 aliphatic carbocycles. The molecule has 3 rings (SSSR count). The first-order valence-electron chi connectivity index (χ1n) is 8.33. The predicted molar refractivity (Wildman–Crippen MR) is 108 cm³/mol. The van der Waals surface area contributed by atoms with Crippen LogP contribution in [-0.4, -0.2) is 29.6 Å². The van der Waals surface area contributed by atoms with Crippen LogP contribution < -0.4 is 10.5 Å². The van der Waals surface area contributed by atoms with Crippen LogP contribution in [0.1, 0.15) is 12.5 Å². The second kappa shape index (κ2) is 8.12. The summed E-state index contributed by atoms with van der Waals surface area (Å²) in [4.78, 5) is 16.8. The number of para-hydroxylation sites is 2. The third-order valence-electron chi connectivity index (χ3n) is 3.87. The third-order valence-corrected chi connectivity index (χ3v) is 5.59. The molecule has 3 N–H and O–H groups in total. The molecule has 1 amide bonds. The smallest absolute Gasteiger partial charge is 0.234 e. The van der Waals surface area contributed by atoms with Crippen molar-refractivity contribution in [2.24, 2.45) is 5.14 Å². The number of carbonyl (C=O) groups excluding carboxylic acids is 1. The molecule has 1 aromatic heterocycles. The van der Waals surface area contributed by atoms with Gasteiger partial charge in [-0.2, -0.15) is 0 Å². The molecule has 0 aliphatic rings. The molecule has 0 saturated heterocycles. The first-order chi connectivity index (χ1) is 12.9. The minimum atomic E-state index is -3.57. The average molecular weight is 405 g/mol. The second-order valence-electron chi connectivity index (χ2n) is 5.97. The fourth-order valence-corrected chi connectivity index (χ4v) is 4.25. The molecule has 0 spiro atoms. The Morgan fingerprint density at radius 1 is 1.19 bits per heavy atom. The standard InChI is InChI=1S/C18H20N4O3S2/c1-2-22-16-6-4-3-5-15(16)21-18(22)26-11-17(23)20-14-9-7-13(8-10-14)12-27(19,24)25/h3-10H,2,11-12H2,1H3,(H,20,23)(H2,19,24,25). The predicted octanol–water partition coefficient (Wildman–Crippen LogP) is 2.58. The number of aromatic nitrogens is 2. The molecular formula is C18H20N4O3S2. The number of primary sulfonamides is 1. The summed E-state index contributed by atoms with van der Waals surface area (Å²) in [7, 11) is -3.57. The van der Waals surface area contributed by atoms with Crippen LogP contribution >= 0.6 is 11.8 Å². The summed E-state index contributed by atoms with van der Waals surface area (Å²) in [6.45, 7) is 2.82. The van der Waals surface area contributed by atoms with Gasteiger partial charge >= 0.3 is 0 Å². The summed E-state index contributed by atoms with van der Waals surface area (Å²) in [6.07, 6.45) is 0. The van der Waals surface area contributed by atoms with Crippen molar-refractivity contribution in [1.82, 2.24) is 9.55 Å². The monoisotopic (exact) mass is 404 g/mol. The first kappa shape index (κ1) is 19.4. The number of amides is 1. The van der Waals surface area contributed by atoms with Crippen LogP contribution in [0.2, 0.25) is 0 Å². The van der Waals surface area contributed by atoms with Crippen molar-refractivity contribution >= 4 is 44.4 Å². The highest BCUT2D eigenvalue weighted by atomic mass is 32.2. The number of sulfonamides is 1. The van der Waals surface area contributed by atoms with Gasteiger partial charge in [-0.25, -0.2) is 18.5 Å². The van der Waals surface area contributed by atoms with E-state index >= 15 is 0 Å². The largest absolute Gasteiger partial charge is 0.325 e. The number of benzene rings is 2. The van der Waals surface area contributed by atoms with Gasteiger partial charge in [-0.05, 0) is 36.8 Å². The molecule has 0 radical (unpaired) electrons. The molecule has 142 valence electrons. The number of rotatable bonds is 7. The molecule has 0 saturated carbocycles. The second-order valence-corrected chi connectivity index (χ2v) is 8.53. The van der Waals surface area contributed by atoms with Gasteiger partial charge in [-0.15, -0.1) is 0 Å². The van der Waals surface area contributed by atoms with Crippen molar-refractivity contribution in [1.29, 1.82) is 0 Å². The minimum absolute atomic E-state index is 0.158. The summed E-state index contributed by atoms with van der Waals surface area (Å²) in [5, 5.41) is 8.62. The van der Waals surface area contributed by atoms with Crippen molar-refractivity contribution in [3.63, 3.8) is 0 Å². The Hall–Kier alpha value is -2.36. The lowest BCUT2D eigenvalue weighted by molar-refractivity contribution is -0.113. The number of thioether (sulfide) groups is 1. The number of hydrogen-bond acceptors (Lipinski definition) is 5. The van der Waals surface area contributed by atoms with Crippen LogP contribution in [0.4, 0.5) is 5.69 Å². The normalized spacial score (nSPS) is 11.6. The fourth-order valence-electron chi connectivity index (χ4n) is 2.71. The minimum Gasteiger partial charge on any atom is -0.325 e. The highest BCUT2D eigenvalue weighted by molar-refractivity contribution is 7.99. The molecule has 3 aromatic rings. The zero-order chi connectivity index (χ0) is 19.4. The Kier molecular flexibility index (Phi) is 5.83.